The fourth-order valence-corrected chi connectivity index (χ4v) is 4.34. The predicted octanol–water partition coefficient (Wildman–Crippen LogP) is 4.20. The molecule has 1 atom stereocenters. The van der Waals surface area contributed by atoms with Gasteiger partial charge in [0.1, 0.15) is 17.8 Å². The van der Waals surface area contributed by atoms with Crippen molar-refractivity contribution in [2.75, 3.05) is 45.7 Å². The minimum Gasteiger partial charge on any atom is -0.383 e. The van der Waals surface area contributed by atoms with Gasteiger partial charge in [-0.15, -0.1) is 0 Å². The molecule has 10 nitrogen and oxygen atoms in total. The third kappa shape index (κ3) is 10.7. The SMILES string of the molecule is CNc1c(C)c(-c2cnn(C)c2)nn1-c1ccccc1.COCCN1CC[C@H](C)C1.NC=O.O=Cc1ccccc1. The molecule has 1 saturated heterocycles. The molecule has 220 valence electrons. The number of carbonyl (C=O) groups excluding carboxylic acids is 2. The summed E-state index contributed by atoms with van der Waals surface area (Å²) < 4.78 is 8.71. The summed E-state index contributed by atoms with van der Waals surface area (Å²) in [6, 6.07) is 19.2. The van der Waals surface area contributed by atoms with Crippen LogP contribution in [-0.2, 0) is 16.6 Å². The molecular formula is C31H43N7O3. The van der Waals surface area contributed by atoms with E-state index in [1.54, 1.807) is 23.9 Å². The standard InChI is InChI=1S/C15H17N5.C8H17NO.C7H6O.CH3NO/c1-11-14(12-9-17-19(3)10-12)18-20(15(11)16-2)13-7-5-4-6-8-13;1-8-3-4-9(7-8)5-6-10-2;8-6-7-4-2-1-3-5-7;2-1-3/h4-10,16H,1-3H3;8H,3-7H2,1-2H3;1-6H;1H,(H2,2,3)/t;8-;;/m.0../s1. The van der Waals surface area contributed by atoms with E-state index in [9.17, 15) is 4.79 Å². The van der Waals surface area contributed by atoms with E-state index in [1.165, 1.54) is 19.5 Å². The number of hydrogen-bond donors (Lipinski definition) is 2. The minimum absolute atomic E-state index is 0.250. The molecule has 5 rings (SSSR count). The Balaban J connectivity index is 0.000000233. The Hall–Kier alpha value is -4.28. The monoisotopic (exact) mass is 561 g/mol. The minimum atomic E-state index is 0.250. The quantitative estimate of drug-likeness (QED) is 0.325. The van der Waals surface area contributed by atoms with Crippen molar-refractivity contribution >= 4 is 18.5 Å². The summed E-state index contributed by atoms with van der Waals surface area (Å²) in [5.74, 6) is 1.90. The highest BCUT2D eigenvalue weighted by molar-refractivity contribution is 5.74. The predicted molar refractivity (Wildman–Crippen MR) is 164 cm³/mol. The van der Waals surface area contributed by atoms with Crippen LogP contribution in [0.15, 0.2) is 73.1 Å². The van der Waals surface area contributed by atoms with Gasteiger partial charge in [0.15, 0.2) is 0 Å². The molecule has 3 heterocycles. The molecule has 0 saturated carbocycles. The topological polar surface area (TPSA) is 120 Å². The van der Waals surface area contributed by atoms with Gasteiger partial charge in [-0.1, -0.05) is 55.5 Å². The van der Waals surface area contributed by atoms with E-state index in [0.717, 1.165) is 59.2 Å². The first-order valence-electron chi connectivity index (χ1n) is 13.6. The fourth-order valence-electron chi connectivity index (χ4n) is 4.34. The van der Waals surface area contributed by atoms with Crippen molar-refractivity contribution < 1.29 is 14.3 Å². The van der Waals surface area contributed by atoms with Crippen molar-refractivity contribution in [3.05, 3.63) is 84.2 Å². The molecule has 10 heteroatoms. The number of aromatic nitrogens is 4. The maximum absolute atomic E-state index is 10.0. The lowest BCUT2D eigenvalue weighted by Gasteiger charge is -2.13. The summed E-state index contributed by atoms with van der Waals surface area (Å²) in [4.78, 5) is 21.1. The maximum atomic E-state index is 10.0. The molecule has 41 heavy (non-hydrogen) atoms. The maximum Gasteiger partial charge on any atom is 0.204 e. The largest absolute Gasteiger partial charge is 0.383 e. The second-order valence-electron chi connectivity index (χ2n) is 9.57. The zero-order valence-electron chi connectivity index (χ0n) is 24.7. The summed E-state index contributed by atoms with van der Waals surface area (Å²) >= 11 is 0. The third-order valence-electron chi connectivity index (χ3n) is 6.39. The van der Waals surface area contributed by atoms with E-state index in [-0.39, 0.29) is 6.41 Å². The average molecular weight is 562 g/mol. The normalized spacial score (nSPS) is 13.9. The highest BCUT2D eigenvalue weighted by Crippen LogP contribution is 2.29. The van der Waals surface area contributed by atoms with Crippen LogP contribution in [0.25, 0.3) is 16.9 Å². The highest BCUT2D eigenvalue weighted by Gasteiger charge is 2.18. The second-order valence-corrected chi connectivity index (χ2v) is 9.57. The van der Waals surface area contributed by atoms with Crippen molar-refractivity contribution in [1.82, 2.24) is 24.5 Å². The molecule has 3 N–H and O–H groups in total. The van der Waals surface area contributed by atoms with Crippen LogP contribution >= 0.6 is 0 Å². The van der Waals surface area contributed by atoms with Gasteiger partial charge in [0.2, 0.25) is 6.41 Å². The number of amides is 1. The first-order valence-corrected chi connectivity index (χ1v) is 13.6. The molecule has 0 bridgehead atoms. The first kappa shape index (κ1) is 32.9. The number of aldehydes is 1. The lowest BCUT2D eigenvalue weighted by molar-refractivity contribution is -0.106. The average Bonchev–Trinajstić information content (AvgIpc) is 3.71. The van der Waals surface area contributed by atoms with E-state index in [1.807, 2.05) is 79.7 Å². The Morgan fingerprint density at radius 2 is 1.73 bits per heavy atom. The number of rotatable bonds is 7. The van der Waals surface area contributed by atoms with Gasteiger partial charge in [-0.05, 0) is 37.9 Å². The molecule has 0 spiro atoms. The van der Waals surface area contributed by atoms with Crippen LogP contribution in [0.4, 0.5) is 5.82 Å². The molecular weight excluding hydrogens is 518 g/mol. The number of ether oxygens (including phenoxy) is 1. The summed E-state index contributed by atoms with van der Waals surface area (Å²) in [7, 11) is 5.59. The van der Waals surface area contributed by atoms with Gasteiger partial charge in [-0.3, -0.25) is 14.3 Å². The molecule has 1 amide bonds. The number of nitrogens with one attached hydrogen (secondary N) is 1. The van der Waals surface area contributed by atoms with Crippen LogP contribution in [0.5, 0.6) is 0 Å². The molecule has 1 aliphatic heterocycles. The molecule has 1 fully saturated rings. The van der Waals surface area contributed by atoms with Crippen LogP contribution in [0.3, 0.4) is 0 Å². The van der Waals surface area contributed by atoms with Gasteiger partial charge in [0, 0.05) is 57.2 Å². The van der Waals surface area contributed by atoms with Gasteiger partial charge in [-0.2, -0.15) is 10.2 Å². The fraction of sp³-hybridized carbons (Fsp3) is 0.355. The molecule has 2 aromatic carbocycles. The molecule has 0 aliphatic carbocycles. The Kier molecular flexibility index (Phi) is 14.6. The van der Waals surface area contributed by atoms with Crippen molar-refractivity contribution in [3.8, 4) is 16.9 Å². The van der Waals surface area contributed by atoms with Crippen LogP contribution in [0, 0.1) is 12.8 Å². The van der Waals surface area contributed by atoms with Crippen LogP contribution in [0.1, 0.15) is 29.3 Å². The summed E-state index contributed by atoms with van der Waals surface area (Å²) in [6.45, 7) is 8.91. The Morgan fingerprint density at radius 1 is 1.10 bits per heavy atom. The number of likely N-dealkylation sites (tertiary alicyclic amines) is 1. The first-order chi connectivity index (χ1) is 19.9. The molecule has 0 unspecified atom stereocenters. The van der Waals surface area contributed by atoms with E-state index < -0.39 is 0 Å². The number of nitrogens with zero attached hydrogens (tertiary/aromatic N) is 5. The van der Waals surface area contributed by atoms with Gasteiger partial charge in [0.25, 0.3) is 0 Å². The van der Waals surface area contributed by atoms with Crippen molar-refractivity contribution in [2.45, 2.75) is 20.3 Å². The Labute approximate surface area is 243 Å². The number of nitrogens with two attached hydrogens (primary N) is 1. The summed E-state index contributed by atoms with van der Waals surface area (Å²) in [5.41, 5.74) is 9.02. The highest BCUT2D eigenvalue weighted by atomic mass is 16.5. The van der Waals surface area contributed by atoms with E-state index in [2.05, 4.69) is 34.9 Å². The van der Waals surface area contributed by atoms with Crippen molar-refractivity contribution in [3.63, 3.8) is 0 Å². The number of anilines is 1. The number of hydrogen-bond acceptors (Lipinski definition) is 7. The zero-order valence-corrected chi connectivity index (χ0v) is 24.7. The Morgan fingerprint density at radius 3 is 2.20 bits per heavy atom. The smallest absolute Gasteiger partial charge is 0.204 e. The number of aryl methyl sites for hydroxylation is 1. The zero-order chi connectivity index (χ0) is 30.0. The molecule has 0 radical (unpaired) electrons. The number of primary amides is 1. The molecule has 1 aliphatic rings. The van der Waals surface area contributed by atoms with Crippen LogP contribution in [0.2, 0.25) is 0 Å². The number of para-hydroxylation sites is 1. The second kappa shape index (κ2) is 18.1. The summed E-state index contributed by atoms with van der Waals surface area (Å²) in [5, 5.41) is 12.2. The van der Waals surface area contributed by atoms with E-state index in [0.29, 0.717) is 0 Å². The summed E-state index contributed by atoms with van der Waals surface area (Å²) in [6.07, 6.45) is 6.26. The van der Waals surface area contributed by atoms with Crippen LogP contribution in [-0.4, -0.2) is 77.6 Å². The van der Waals surface area contributed by atoms with Crippen LogP contribution < -0.4 is 11.1 Å². The third-order valence-corrected chi connectivity index (χ3v) is 6.39. The van der Waals surface area contributed by atoms with E-state index in [4.69, 9.17) is 14.6 Å². The number of methoxy groups -OCH3 is 1. The van der Waals surface area contributed by atoms with Gasteiger partial charge < -0.3 is 20.7 Å². The lowest BCUT2D eigenvalue weighted by atomic mass is 10.1. The Bertz CT molecular complexity index is 1290. The van der Waals surface area contributed by atoms with E-state index >= 15 is 0 Å². The molecule has 4 aromatic rings. The van der Waals surface area contributed by atoms with Gasteiger partial charge in [0.05, 0.1) is 18.5 Å². The van der Waals surface area contributed by atoms with Gasteiger partial charge >= 0.3 is 0 Å². The van der Waals surface area contributed by atoms with Gasteiger partial charge in [-0.25, -0.2) is 4.68 Å². The molecule has 2 aromatic heterocycles. The van der Waals surface area contributed by atoms with Crippen molar-refractivity contribution in [1.29, 1.82) is 0 Å². The van der Waals surface area contributed by atoms with Crippen molar-refractivity contribution in [2.24, 2.45) is 18.7 Å². The number of carbonyl (C=O) groups is 2. The number of benzene rings is 2. The lowest BCUT2D eigenvalue weighted by Crippen LogP contribution is -2.24.